The van der Waals surface area contributed by atoms with Gasteiger partial charge < -0.3 is 19.9 Å². The minimum atomic E-state index is -0.677. The average Bonchev–Trinajstić information content (AvgIpc) is 3.83. The van der Waals surface area contributed by atoms with Gasteiger partial charge in [0.2, 0.25) is 11.8 Å². The van der Waals surface area contributed by atoms with Crippen molar-refractivity contribution in [2.45, 2.75) is 57.6 Å². The second-order valence-electron chi connectivity index (χ2n) is 13.0. The minimum Gasteiger partial charge on any atom is -0.488 e. The molecule has 1 unspecified atom stereocenters. The number of fused-ring (bicyclic) bond motifs is 2. The lowest BCUT2D eigenvalue weighted by Crippen LogP contribution is -2.51. The number of carbonyl (C=O) groups is 5. The lowest BCUT2D eigenvalue weighted by atomic mass is 9.77. The third kappa shape index (κ3) is 5.76. The fraction of sp³-hybridized carbons (Fsp3) is 0.444. The average molecular weight is 670 g/mol. The molecule has 2 fully saturated rings. The first-order valence-corrected chi connectivity index (χ1v) is 17.6. The molecule has 1 aromatic heterocycles. The smallest absolute Gasteiger partial charge is 0.273 e. The highest BCUT2D eigenvalue weighted by atomic mass is 32.1. The van der Waals surface area contributed by atoms with E-state index in [1.807, 2.05) is 25.1 Å². The molecule has 4 atom stereocenters. The molecule has 2 aromatic carbocycles. The number of aryl methyl sites for hydroxylation is 1. The van der Waals surface area contributed by atoms with E-state index in [0.717, 1.165) is 29.0 Å². The number of likely N-dealkylation sites (tertiary alicyclic amines) is 1. The Morgan fingerprint density at radius 2 is 1.69 bits per heavy atom. The Morgan fingerprint density at radius 1 is 0.958 bits per heavy atom. The number of carbonyl (C=O) groups excluding carboxylic acids is 5. The summed E-state index contributed by atoms with van der Waals surface area (Å²) in [5.74, 6) is -1.55. The van der Waals surface area contributed by atoms with Crippen molar-refractivity contribution in [1.29, 1.82) is 0 Å². The zero-order valence-corrected chi connectivity index (χ0v) is 28.0. The van der Waals surface area contributed by atoms with Gasteiger partial charge in [-0.15, -0.1) is 11.3 Å². The summed E-state index contributed by atoms with van der Waals surface area (Å²) in [5.41, 5.74) is 2.87. The monoisotopic (exact) mass is 669 g/mol. The van der Waals surface area contributed by atoms with Crippen LogP contribution in [0.4, 0.5) is 0 Å². The number of ether oxygens (including phenoxy) is 1. The molecule has 48 heavy (non-hydrogen) atoms. The first kappa shape index (κ1) is 32.0. The fourth-order valence-electron chi connectivity index (χ4n) is 7.82. The van der Waals surface area contributed by atoms with Gasteiger partial charge in [0, 0.05) is 49.3 Å². The Morgan fingerprint density at radius 3 is 2.38 bits per heavy atom. The van der Waals surface area contributed by atoms with Crippen molar-refractivity contribution in [1.82, 2.24) is 25.0 Å². The zero-order valence-electron chi connectivity index (χ0n) is 27.1. The van der Waals surface area contributed by atoms with E-state index in [-0.39, 0.29) is 30.4 Å². The Hall–Kier alpha value is -4.58. The highest BCUT2D eigenvalue weighted by Crippen LogP contribution is 2.42. The number of hydrogen-bond donors (Lipinski definition) is 1. The highest BCUT2D eigenvalue weighted by molar-refractivity contribution is 7.09. The summed E-state index contributed by atoms with van der Waals surface area (Å²) in [7, 11) is 1.60. The van der Waals surface area contributed by atoms with Crippen LogP contribution in [0.5, 0.6) is 5.75 Å². The SMILES string of the molecule is CNC(=O)[C@H]1CCCC[C@H]1C(=O)N1CCc2cccc(O[C@H]3CCN(C(=O)c4csc(C)n4)C3)c2C1CN1C(=O)c2ccccc2C1=O. The van der Waals surface area contributed by atoms with E-state index in [2.05, 4.69) is 10.3 Å². The summed E-state index contributed by atoms with van der Waals surface area (Å²) in [5, 5.41) is 5.35. The van der Waals surface area contributed by atoms with Crippen LogP contribution in [0.2, 0.25) is 0 Å². The van der Waals surface area contributed by atoms with E-state index < -0.39 is 29.7 Å². The highest BCUT2D eigenvalue weighted by Gasteiger charge is 2.45. The van der Waals surface area contributed by atoms with Crippen molar-refractivity contribution < 1.29 is 28.7 Å². The van der Waals surface area contributed by atoms with E-state index in [4.69, 9.17) is 4.74 Å². The molecule has 250 valence electrons. The van der Waals surface area contributed by atoms with Crippen molar-refractivity contribution in [3.05, 3.63) is 80.8 Å². The molecule has 4 heterocycles. The standard InChI is InChI=1S/C36H39N5O6S/c1-21-38-28(20-48-21)36(46)39-16-15-23(18-39)47-30-13-7-8-22-14-17-40(33(43)25-10-4-3-9-24(25)32(42)37-2)29(31(22)30)19-41-34(44)26-11-5-6-12-27(26)35(41)45/h5-8,11-13,20,23-25,29H,3-4,9-10,14-19H2,1-2H3,(H,37,42)/t23-,24-,25+,29?/m0/s1. The Kier molecular flexibility index (Phi) is 8.76. The molecule has 1 saturated heterocycles. The Labute approximate surface area is 283 Å². The van der Waals surface area contributed by atoms with Gasteiger partial charge in [-0.3, -0.25) is 28.9 Å². The van der Waals surface area contributed by atoms with Crippen molar-refractivity contribution in [2.24, 2.45) is 11.8 Å². The second kappa shape index (κ2) is 13.1. The van der Waals surface area contributed by atoms with Crippen LogP contribution in [0.3, 0.4) is 0 Å². The van der Waals surface area contributed by atoms with Crippen LogP contribution in [-0.2, 0) is 16.0 Å². The molecule has 3 aromatic rings. The number of amides is 5. The topological polar surface area (TPSA) is 129 Å². The van der Waals surface area contributed by atoms with Crippen LogP contribution >= 0.6 is 11.3 Å². The first-order valence-electron chi connectivity index (χ1n) is 16.7. The van der Waals surface area contributed by atoms with Crippen LogP contribution < -0.4 is 10.1 Å². The number of nitrogens with one attached hydrogen (secondary N) is 1. The number of benzene rings is 2. The number of thiazole rings is 1. The summed E-state index contributed by atoms with van der Waals surface area (Å²) >= 11 is 1.44. The molecule has 1 N–H and O–H groups in total. The van der Waals surface area contributed by atoms with Crippen LogP contribution in [0.15, 0.2) is 47.8 Å². The molecule has 5 amide bonds. The van der Waals surface area contributed by atoms with Crippen molar-refractivity contribution >= 4 is 40.9 Å². The van der Waals surface area contributed by atoms with E-state index in [0.29, 0.717) is 67.9 Å². The third-order valence-corrected chi connectivity index (χ3v) is 11.0. The summed E-state index contributed by atoms with van der Waals surface area (Å²) < 4.78 is 6.65. The number of rotatable bonds is 7. The van der Waals surface area contributed by atoms with Crippen molar-refractivity contribution in [3.63, 3.8) is 0 Å². The van der Waals surface area contributed by atoms with E-state index in [9.17, 15) is 24.0 Å². The molecular formula is C36H39N5O6S. The van der Waals surface area contributed by atoms with E-state index >= 15 is 0 Å². The lowest BCUT2D eigenvalue weighted by Gasteiger charge is -2.43. The van der Waals surface area contributed by atoms with Gasteiger partial charge >= 0.3 is 0 Å². The van der Waals surface area contributed by atoms with Gasteiger partial charge in [-0.2, -0.15) is 0 Å². The van der Waals surface area contributed by atoms with Gasteiger partial charge in [0.25, 0.3) is 17.7 Å². The first-order chi connectivity index (χ1) is 23.2. The Balaban J connectivity index is 1.21. The van der Waals surface area contributed by atoms with Gasteiger partial charge in [-0.1, -0.05) is 37.1 Å². The molecule has 0 spiro atoms. The van der Waals surface area contributed by atoms with Crippen molar-refractivity contribution in [2.75, 3.05) is 33.2 Å². The van der Waals surface area contributed by atoms with Crippen molar-refractivity contribution in [3.8, 4) is 5.75 Å². The van der Waals surface area contributed by atoms with Crippen LogP contribution in [0.25, 0.3) is 0 Å². The van der Waals surface area contributed by atoms with Gasteiger partial charge in [0.1, 0.15) is 17.5 Å². The number of hydrogen-bond acceptors (Lipinski definition) is 8. The van der Waals surface area contributed by atoms with Gasteiger partial charge in [-0.25, -0.2) is 4.98 Å². The number of imide groups is 1. The van der Waals surface area contributed by atoms with Crippen LogP contribution in [0, 0.1) is 18.8 Å². The molecule has 12 heteroatoms. The Bertz CT molecular complexity index is 1750. The fourth-order valence-corrected chi connectivity index (χ4v) is 8.41. The summed E-state index contributed by atoms with van der Waals surface area (Å²) in [6, 6.07) is 11.9. The third-order valence-electron chi connectivity index (χ3n) is 10.2. The molecule has 1 aliphatic carbocycles. The predicted octanol–water partition coefficient (Wildman–Crippen LogP) is 4.02. The molecular weight excluding hydrogens is 630 g/mol. The molecule has 7 rings (SSSR count). The quantitative estimate of drug-likeness (QED) is 0.377. The van der Waals surface area contributed by atoms with E-state index in [1.54, 1.807) is 46.5 Å². The molecule has 11 nitrogen and oxygen atoms in total. The summed E-state index contributed by atoms with van der Waals surface area (Å²) in [6.07, 6.45) is 3.86. The van der Waals surface area contributed by atoms with Crippen LogP contribution in [-0.4, -0.2) is 88.6 Å². The maximum Gasteiger partial charge on any atom is 0.273 e. The summed E-state index contributed by atoms with van der Waals surface area (Å²) in [6.45, 7) is 3.14. The number of nitrogens with zero attached hydrogens (tertiary/aromatic N) is 4. The predicted molar refractivity (Wildman–Crippen MR) is 178 cm³/mol. The zero-order chi connectivity index (χ0) is 33.5. The van der Waals surface area contributed by atoms with Gasteiger partial charge in [0.05, 0.1) is 35.3 Å². The maximum atomic E-state index is 14.5. The van der Waals surface area contributed by atoms with Crippen LogP contribution in [0.1, 0.15) is 85.5 Å². The van der Waals surface area contributed by atoms with E-state index in [1.165, 1.54) is 16.2 Å². The van der Waals surface area contributed by atoms with Gasteiger partial charge in [-0.05, 0) is 49.9 Å². The molecule has 0 radical (unpaired) electrons. The summed E-state index contributed by atoms with van der Waals surface area (Å²) in [4.78, 5) is 76.9. The van der Waals surface area contributed by atoms with Gasteiger partial charge in [0.15, 0.2) is 0 Å². The number of aromatic nitrogens is 1. The normalized spacial score (nSPS) is 23.6. The molecule has 1 saturated carbocycles. The molecule has 0 bridgehead atoms. The minimum absolute atomic E-state index is 0.0404. The second-order valence-corrected chi connectivity index (χ2v) is 14.1. The largest absolute Gasteiger partial charge is 0.488 e. The lowest BCUT2D eigenvalue weighted by molar-refractivity contribution is -0.146. The molecule has 4 aliphatic rings. The molecule has 3 aliphatic heterocycles. The maximum absolute atomic E-state index is 14.5.